The minimum absolute atomic E-state index is 0.393. The number of benzene rings is 1. The number of aromatic nitrogens is 2. The van der Waals surface area contributed by atoms with Gasteiger partial charge in [-0.15, -0.1) is 10.2 Å². The van der Waals surface area contributed by atoms with Gasteiger partial charge in [-0.3, -0.25) is 0 Å². The van der Waals surface area contributed by atoms with Crippen molar-refractivity contribution >= 4 is 11.0 Å². The first-order chi connectivity index (χ1) is 8.36. The molecular formula is C12H11N3O2. The van der Waals surface area contributed by atoms with Gasteiger partial charge in [-0.1, -0.05) is 18.2 Å². The first-order valence-corrected chi connectivity index (χ1v) is 5.38. The topological polar surface area (TPSA) is 78.1 Å². The van der Waals surface area contributed by atoms with Crippen molar-refractivity contribution in [1.29, 1.82) is 0 Å². The lowest BCUT2D eigenvalue weighted by Crippen LogP contribution is -2.02. The van der Waals surface area contributed by atoms with Crippen LogP contribution in [0.25, 0.3) is 22.6 Å². The molecule has 0 aliphatic rings. The standard InChI is InChI=1S/C12H11N3O2/c13-6-5-11-14-15-12(17-11)10-7-8-3-1-2-4-9(8)16-10/h1-4,7H,5-6,13H2. The largest absolute Gasteiger partial charge is 0.451 e. The molecule has 0 atom stereocenters. The fourth-order valence-corrected chi connectivity index (χ4v) is 1.66. The van der Waals surface area contributed by atoms with Gasteiger partial charge < -0.3 is 14.6 Å². The summed E-state index contributed by atoms with van der Waals surface area (Å²) in [6.45, 7) is 0.488. The van der Waals surface area contributed by atoms with Gasteiger partial charge in [0.05, 0.1) is 0 Å². The molecule has 0 saturated heterocycles. The highest BCUT2D eigenvalue weighted by Crippen LogP contribution is 2.26. The highest BCUT2D eigenvalue weighted by Gasteiger charge is 2.12. The average Bonchev–Trinajstić information content (AvgIpc) is 2.94. The van der Waals surface area contributed by atoms with Crippen molar-refractivity contribution in [2.24, 2.45) is 5.73 Å². The van der Waals surface area contributed by atoms with Gasteiger partial charge in [-0.25, -0.2) is 0 Å². The minimum atomic E-state index is 0.393. The third-order valence-corrected chi connectivity index (χ3v) is 2.46. The Balaban J connectivity index is 2.01. The summed E-state index contributed by atoms with van der Waals surface area (Å²) in [7, 11) is 0. The van der Waals surface area contributed by atoms with Crippen LogP contribution in [-0.2, 0) is 6.42 Å². The van der Waals surface area contributed by atoms with E-state index in [4.69, 9.17) is 14.6 Å². The van der Waals surface area contributed by atoms with Crippen molar-refractivity contribution in [3.63, 3.8) is 0 Å². The Labute approximate surface area is 97.2 Å². The van der Waals surface area contributed by atoms with Gasteiger partial charge in [0.1, 0.15) is 5.58 Å². The van der Waals surface area contributed by atoms with Gasteiger partial charge in [0.25, 0.3) is 5.89 Å². The third-order valence-electron chi connectivity index (χ3n) is 2.46. The Kier molecular flexibility index (Phi) is 2.38. The molecule has 3 rings (SSSR count). The van der Waals surface area contributed by atoms with Gasteiger partial charge in [0.2, 0.25) is 5.89 Å². The maximum Gasteiger partial charge on any atom is 0.283 e. The van der Waals surface area contributed by atoms with Crippen molar-refractivity contribution in [1.82, 2.24) is 10.2 Å². The van der Waals surface area contributed by atoms with Gasteiger partial charge in [-0.05, 0) is 12.1 Å². The molecule has 86 valence electrons. The molecule has 0 saturated carbocycles. The van der Waals surface area contributed by atoms with E-state index in [1.807, 2.05) is 30.3 Å². The lowest BCUT2D eigenvalue weighted by atomic mass is 10.2. The van der Waals surface area contributed by atoms with E-state index in [0.717, 1.165) is 11.0 Å². The zero-order valence-electron chi connectivity index (χ0n) is 9.09. The number of fused-ring (bicyclic) bond motifs is 1. The number of hydrogen-bond donors (Lipinski definition) is 1. The Bertz CT molecular complexity index is 609. The second kappa shape index (κ2) is 4.03. The molecule has 3 aromatic rings. The first-order valence-electron chi connectivity index (χ1n) is 5.38. The van der Waals surface area contributed by atoms with Gasteiger partial charge in [0, 0.05) is 18.4 Å². The summed E-state index contributed by atoms with van der Waals surface area (Å²) >= 11 is 0. The van der Waals surface area contributed by atoms with Crippen LogP contribution in [0, 0.1) is 0 Å². The maximum absolute atomic E-state index is 5.62. The second-order valence-electron chi connectivity index (χ2n) is 3.69. The molecule has 2 aromatic heterocycles. The molecule has 0 aliphatic heterocycles. The quantitative estimate of drug-likeness (QED) is 0.743. The van der Waals surface area contributed by atoms with Crippen molar-refractivity contribution in [2.75, 3.05) is 6.54 Å². The maximum atomic E-state index is 5.62. The summed E-state index contributed by atoms with van der Waals surface area (Å²) in [5.74, 6) is 1.51. The molecule has 5 nitrogen and oxygen atoms in total. The highest BCUT2D eigenvalue weighted by molar-refractivity contribution is 5.81. The van der Waals surface area contributed by atoms with E-state index in [9.17, 15) is 0 Å². The number of furan rings is 1. The predicted molar refractivity (Wildman–Crippen MR) is 62.3 cm³/mol. The average molecular weight is 229 g/mol. The van der Waals surface area contributed by atoms with Crippen LogP contribution in [0.1, 0.15) is 5.89 Å². The Morgan fingerprint density at radius 2 is 2.00 bits per heavy atom. The van der Waals surface area contributed by atoms with Crippen molar-refractivity contribution in [2.45, 2.75) is 6.42 Å². The summed E-state index contributed by atoms with van der Waals surface area (Å²) in [5.41, 5.74) is 6.23. The monoisotopic (exact) mass is 229 g/mol. The van der Waals surface area contributed by atoms with Crippen LogP contribution in [0.4, 0.5) is 0 Å². The summed E-state index contributed by atoms with van der Waals surface area (Å²) in [5, 5.41) is 8.85. The van der Waals surface area contributed by atoms with Gasteiger partial charge in [-0.2, -0.15) is 0 Å². The van der Waals surface area contributed by atoms with E-state index in [2.05, 4.69) is 10.2 Å². The Hall–Kier alpha value is -2.14. The third kappa shape index (κ3) is 1.81. The predicted octanol–water partition coefficient (Wildman–Crippen LogP) is 1.98. The molecule has 0 unspecified atom stereocenters. The zero-order chi connectivity index (χ0) is 11.7. The molecule has 1 aromatic carbocycles. The van der Waals surface area contributed by atoms with E-state index in [1.54, 1.807) is 0 Å². The van der Waals surface area contributed by atoms with Crippen LogP contribution in [0.2, 0.25) is 0 Å². The first kappa shape index (κ1) is 10.0. The summed E-state index contributed by atoms with van der Waals surface area (Å²) in [6, 6.07) is 9.63. The number of nitrogens with zero attached hydrogens (tertiary/aromatic N) is 2. The van der Waals surface area contributed by atoms with Crippen LogP contribution in [0.5, 0.6) is 0 Å². The molecule has 0 radical (unpaired) electrons. The fraction of sp³-hybridized carbons (Fsp3) is 0.167. The van der Waals surface area contributed by atoms with E-state index >= 15 is 0 Å². The lowest BCUT2D eigenvalue weighted by molar-refractivity contribution is 0.488. The molecule has 2 N–H and O–H groups in total. The number of para-hydroxylation sites is 1. The molecule has 0 aliphatic carbocycles. The Morgan fingerprint density at radius 1 is 1.12 bits per heavy atom. The number of nitrogens with two attached hydrogens (primary N) is 1. The molecule has 0 bridgehead atoms. The van der Waals surface area contributed by atoms with Crippen LogP contribution in [0.3, 0.4) is 0 Å². The molecule has 0 amide bonds. The molecule has 0 spiro atoms. The summed E-state index contributed by atoms with van der Waals surface area (Å²) < 4.78 is 11.1. The smallest absolute Gasteiger partial charge is 0.283 e. The van der Waals surface area contributed by atoms with E-state index in [-0.39, 0.29) is 0 Å². The number of rotatable bonds is 3. The van der Waals surface area contributed by atoms with E-state index in [0.29, 0.717) is 30.5 Å². The van der Waals surface area contributed by atoms with E-state index < -0.39 is 0 Å². The van der Waals surface area contributed by atoms with Crippen LogP contribution in [0.15, 0.2) is 39.2 Å². The van der Waals surface area contributed by atoms with Crippen LogP contribution in [-0.4, -0.2) is 16.7 Å². The minimum Gasteiger partial charge on any atom is -0.451 e. The normalized spacial score (nSPS) is 11.1. The van der Waals surface area contributed by atoms with Crippen molar-refractivity contribution < 1.29 is 8.83 Å². The van der Waals surface area contributed by atoms with Gasteiger partial charge in [0.15, 0.2) is 5.76 Å². The van der Waals surface area contributed by atoms with Crippen LogP contribution < -0.4 is 5.73 Å². The Morgan fingerprint density at radius 3 is 2.82 bits per heavy atom. The van der Waals surface area contributed by atoms with Gasteiger partial charge >= 0.3 is 0 Å². The summed E-state index contributed by atoms with van der Waals surface area (Å²) in [4.78, 5) is 0. The zero-order valence-corrected chi connectivity index (χ0v) is 9.09. The number of hydrogen-bond acceptors (Lipinski definition) is 5. The van der Waals surface area contributed by atoms with Crippen molar-refractivity contribution in [3.05, 3.63) is 36.2 Å². The molecular weight excluding hydrogens is 218 g/mol. The molecule has 5 heteroatoms. The molecule has 0 fully saturated rings. The second-order valence-corrected chi connectivity index (χ2v) is 3.69. The fourth-order valence-electron chi connectivity index (χ4n) is 1.66. The SMILES string of the molecule is NCCc1nnc(-c2cc3ccccc3o2)o1. The molecule has 2 heterocycles. The lowest BCUT2D eigenvalue weighted by Gasteiger charge is -1.87. The van der Waals surface area contributed by atoms with Crippen molar-refractivity contribution in [3.8, 4) is 11.7 Å². The summed E-state index contributed by atoms with van der Waals surface area (Å²) in [6.07, 6.45) is 0.577. The van der Waals surface area contributed by atoms with Crippen LogP contribution >= 0.6 is 0 Å². The highest BCUT2D eigenvalue weighted by atomic mass is 16.4. The molecule has 17 heavy (non-hydrogen) atoms. The van der Waals surface area contributed by atoms with E-state index in [1.165, 1.54) is 0 Å².